The molecule has 0 aliphatic rings. The number of unbranched alkanes of at least 4 members (excludes halogenated alkanes) is 1. The summed E-state index contributed by atoms with van der Waals surface area (Å²) in [6, 6.07) is 0. The molecule has 0 aliphatic heterocycles. The van der Waals surface area contributed by atoms with Crippen molar-refractivity contribution in [2.75, 3.05) is 5.75 Å². The second-order valence-corrected chi connectivity index (χ2v) is 4.11. The fourth-order valence-electron chi connectivity index (χ4n) is 0.563. The lowest BCUT2D eigenvalue weighted by Crippen LogP contribution is -2.15. The van der Waals surface area contributed by atoms with Gasteiger partial charge in [0.1, 0.15) is 0 Å². The molecule has 12 heavy (non-hydrogen) atoms. The van der Waals surface area contributed by atoms with Crippen LogP contribution in [-0.2, 0) is 19.1 Å². The minimum Gasteiger partial charge on any atom is -0.346 e. The van der Waals surface area contributed by atoms with E-state index in [1.807, 2.05) is 6.92 Å². The van der Waals surface area contributed by atoms with E-state index in [-0.39, 0.29) is 12.2 Å². The van der Waals surface area contributed by atoms with E-state index in [4.69, 9.17) is 0 Å². The Kier molecular flexibility index (Phi) is 4.89. The molecule has 0 aromatic rings. The lowest BCUT2D eigenvalue weighted by Gasteiger charge is -2.02. The molecule has 0 saturated heterocycles. The lowest BCUT2D eigenvalue weighted by molar-refractivity contribution is -0.133. The van der Waals surface area contributed by atoms with E-state index in [1.165, 1.54) is 0 Å². The van der Waals surface area contributed by atoms with Gasteiger partial charge in [-0.2, -0.15) is 8.42 Å². The zero-order chi connectivity index (χ0) is 9.61. The smallest absolute Gasteiger partial charge is 0.321 e. The van der Waals surface area contributed by atoms with Gasteiger partial charge in [0, 0.05) is 6.42 Å². The van der Waals surface area contributed by atoms with Crippen LogP contribution >= 0.6 is 0 Å². The fourth-order valence-corrected chi connectivity index (χ4v) is 1.69. The molecule has 0 saturated carbocycles. The Labute approximate surface area is 73.0 Å². The van der Waals surface area contributed by atoms with Crippen molar-refractivity contribution in [1.29, 1.82) is 0 Å². The maximum Gasteiger partial charge on any atom is 0.321 e. The maximum atomic E-state index is 10.9. The zero-order valence-electron chi connectivity index (χ0n) is 7.37. The summed E-state index contributed by atoms with van der Waals surface area (Å²) in [6.45, 7) is 3.43. The Bertz CT molecular complexity index is 230. The maximum absolute atomic E-state index is 10.9. The van der Waals surface area contributed by atoms with E-state index < -0.39 is 16.1 Å². The Morgan fingerprint density at radius 3 is 2.33 bits per heavy atom. The Balaban J connectivity index is 3.96. The minimum atomic E-state index is -3.60. The molecule has 0 aromatic heterocycles. The predicted molar refractivity (Wildman–Crippen MR) is 45.1 cm³/mol. The summed E-state index contributed by atoms with van der Waals surface area (Å²) in [5, 5.41) is 0. The largest absolute Gasteiger partial charge is 0.346 e. The Hall–Kier alpha value is -0.580. The van der Waals surface area contributed by atoms with Crippen molar-refractivity contribution in [2.24, 2.45) is 0 Å². The van der Waals surface area contributed by atoms with E-state index in [2.05, 4.69) is 4.18 Å². The summed E-state index contributed by atoms with van der Waals surface area (Å²) in [5.74, 6) is -0.763. The van der Waals surface area contributed by atoms with Gasteiger partial charge in [0.15, 0.2) is 0 Å². The SMILES string of the molecule is CCCCS(=O)(=O)OC(=O)CC. The topological polar surface area (TPSA) is 60.4 Å². The number of carbonyl (C=O) groups is 1. The second kappa shape index (κ2) is 5.13. The molecule has 0 spiro atoms. The molecule has 4 nitrogen and oxygen atoms in total. The molecule has 0 rings (SSSR count). The molecule has 0 bridgehead atoms. The van der Waals surface area contributed by atoms with Gasteiger partial charge in [-0.05, 0) is 6.42 Å². The van der Waals surface area contributed by atoms with Crippen LogP contribution in [0, 0.1) is 0 Å². The van der Waals surface area contributed by atoms with Gasteiger partial charge in [0.25, 0.3) is 0 Å². The van der Waals surface area contributed by atoms with Gasteiger partial charge >= 0.3 is 16.1 Å². The number of carbonyl (C=O) groups excluding carboxylic acids is 1. The van der Waals surface area contributed by atoms with Crippen LogP contribution in [0.15, 0.2) is 0 Å². The van der Waals surface area contributed by atoms with Gasteiger partial charge in [-0.25, -0.2) is 0 Å². The van der Waals surface area contributed by atoms with Crippen LogP contribution < -0.4 is 0 Å². The average molecular weight is 194 g/mol. The van der Waals surface area contributed by atoms with Crippen LogP contribution in [0.5, 0.6) is 0 Å². The van der Waals surface area contributed by atoms with Crippen LogP contribution in [0.1, 0.15) is 33.1 Å². The van der Waals surface area contributed by atoms with Gasteiger partial charge in [0.05, 0.1) is 5.75 Å². The first-order valence-corrected chi connectivity index (χ1v) is 5.54. The van der Waals surface area contributed by atoms with Crippen LogP contribution in [0.25, 0.3) is 0 Å². The average Bonchev–Trinajstić information content (AvgIpc) is 2.00. The molecule has 0 radical (unpaired) electrons. The van der Waals surface area contributed by atoms with Gasteiger partial charge in [-0.3, -0.25) is 4.79 Å². The van der Waals surface area contributed by atoms with E-state index in [0.717, 1.165) is 6.42 Å². The molecule has 0 amide bonds. The van der Waals surface area contributed by atoms with E-state index >= 15 is 0 Å². The highest BCUT2D eigenvalue weighted by molar-refractivity contribution is 7.87. The van der Waals surface area contributed by atoms with Gasteiger partial charge < -0.3 is 4.18 Å². The summed E-state index contributed by atoms with van der Waals surface area (Å²) in [5.41, 5.74) is 0. The van der Waals surface area contributed by atoms with Crippen molar-refractivity contribution in [3.05, 3.63) is 0 Å². The third-order valence-electron chi connectivity index (χ3n) is 1.26. The molecular formula is C7H14O4S. The molecule has 0 N–H and O–H groups in total. The first kappa shape index (κ1) is 11.4. The van der Waals surface area contributed by atoms with E-state index in [1.54, 1.807) is 6.92 Å². The molecule has 0 fully saturated rings. The molecule has 0 aliphatic carbocycles. The quantitative estimate of drug-likeness (QED) is 0.614. The molecule has 0 unspecified atom stereocenters. The summed E-state index contributed by atoms with van der Waals surface area (Å²) in [7, 11) is -3.60. The van der Waals surface area contributed by atoms with Crippen molar-refractivity contribution in [1.82, 2.24) is 0 Å². The summed E-state index contributed by atoms with van der Waals surface area (Å²) in [4.78, 5) is 10.6. The Morgan fingerprint density at radius 2 is 1.92 bits per heavy atom. The van der Waals surface area contributed by atoms with Crippen molar-refractivity contribution in [2.45, 2.75) is 33.1 Å². The van der Waals surface area contributed by atoms with Crippen LogP contribution in [0.2, 0.25) is 0 Å². The van der Waals surface area contributed by atoms with Crippen molar-refractivity contribution in [3.8, 4) is 0 Å². The molecule has 0 atom stereocenters. The molecular weight excluding hydrogens is 180 g/mol. The number of rotatable bonds is 5. The lowest BCUT2D eigenvalue weighted by atomic mass is 10.4. The fraction of sp³-hybridized carbons (Fsp3) is 0.857. The van der Waals surface area contributed by atoms with Crippen LogP contribution in [0.3, 0.4) is 0 Å². The third-order valence-corrected chi connectivity index (χ3v) is 2.48. The molecule has 72 valence electrons. The third kappa shape index (κ3) is 5.12. The zero-order valence-corrected chi connectivity index (χ0v) is 8.19. The molecule has 0 heterocycles. The number of hydrogen-bond donors (Lipinski definition) is 0. The summed E-state index contributed by atoms with van der Waals surface area (Å²) in [6.07, 6.45) is 1.38. The Morgan fingerprint density at radius 1 is 1.33 bits per heavy atom. The highest BCUT2D eigenvalue weighted by Crippen LogP contribution is 2.00. The summed E-state index contributed by atoms with van der Waals surface area (Å²) < 4.78 is 26.1. The van der Waals surface area contributed by atoms with Crippen LogP contribution in [-0.4, -0.2) is 20.1 Å². The highest BCUT2D eigenvalue weighted by atomic mass is 32.2. The van der Waals surface area contributed by atoms with Gasteiger partial charge in [-0.15, -0.1) is 0 Å². The standard InChI is InChI=1S/C7H14O4S/c1-3-5-6-12(9,10)11-7(8)4-2/h3-6H2,1-2H3. The van der Waals surface area contributed by atoms with Gasteiger partial charge in [-0.1, -0.05) is 20.3 Å². The van der Waals surface area contributed by atoms with Gasteiger partial charge in [0.2, 0.25) is 0 Å². The first-order valence-electron chi connectivity index (χ1n) is 3.96. The van der Waals surface area contributed by atoms with Crippen LogP contribution in [0.4, 0.5) is 0 Å². The summed E-state index contributed by atoms with van der Waals surface area (Å²) >= 11 is 0. The second-order valence-electron chi connectivity index (χ2n) is 2.42. The van der Waals surface area contributed by atoms with Crippen molar-refractivity contribution >= 4 is 16.1 Å². The van der Waals surface area contributed by atoms with E-state index in [0.29, 0.717) is 6.42 Å². The molecule has 5 heteroatoms. The number of hydrogen-bond acceptors (Lipinski definition) is 4. The van der Waals surface area contributed by atoms with E-state index in [9.17, 15) is 13.2 Å². The normalized spacial score (nSPS) is 11.2. The minimum absolute atomic E-state index is 0.0742. The first-order chi connectivity index (χ1) is 5.52. The monoisotopic (exact) mass is 194 g/mol. The van der Waals surface area contributed by atoms with Crippen molar-refractivity contribution in [3.63, 3.8) is 0 Å². The molecule has 0 aromatic carbocycles. The predicted octanol–water partition coefficient (Wildman–Crippen LogP) is 1.07. The van der Waals surface area contributed by atoms with Crippen molar-refractivity contribution < 1.29 is 17.4 Å². The highest BCUT2D eigenvalue weighted by Gasteiger charge is 2.14.